The second-order valence-electron chi connectivity index (χ2n) is 6.96. The molecule has 0 bridgehead atoms. The number of aryl methyl sites for hydroxylation is 1. The molecular weight excluding hydrogens is 258 g/mol. The van der Waals surface area contributed by atoms with E-state index in [1.54, 1.807) is 0 Å². The first kappa shape index (κ1) is 16.4. The van der Waals surface area contributed by atoms with Gasteiger partial charge >= 0.3 is 0 Å². The fourth-order valence-electron chi connectivity index (χ4n) is 3.65. The van der Waals surface area contributed by atoms with Crippen molar-refractivity contribution in [3.05, 3.63) is 29.3 Å². The van der Waals surface area contributed by atoms with Crippen LogP contribution in [0, 0.1) is 18.8 Å². The zero-order valence-electron chi connectivity index (χ0n) is 14.3. The normalized spacial score (nSPS) is 27.4. The minimum Gasteiger partial charge on any atom is -0.490 e. The highest BCUT2D eigenvalue weighted by Crippen LogP contribution is 2.32. The van der Waals surface area contributed by atoms with E-state index in [0.29, 0.717) is 12.1 Å². The number of hydrogen-bond acceptors (Lipinski definition) is 2. The Balaban J connectivity index is 2.03. The molecule has 2 nitrogen and oxygen atoms in total. The SMILES string of the molecule is CCNC(C)c1ccc(OC2CC(C)CC(C)C2)c(C)c1. The number of ether oxygens (including phenoxy) is 1. The van der Waals surface area contributed by atoms with E-state index in [2.05, 4.69) is 58.1 Å². The maximum Gasteiger partial charge on any atom is 0.122 e. The van der Waals surface area contributed by atoms with Crippen LogP contribution in [0.1, 0.15) is 64.1 Å². The lowest BCUT2D eigenvalue weighted by molar-refractivity contribution is 0.100. The smallest absolute Gasteiger partial charge is 0.122 e. The average molecular weight is 289 g/mol. The largest absolute Gasteiger partial charge is 0.490 e. The van der Waals surface area contributed by atoms with E-state index in [1.807, 2.05) is 0 Å². The van der Waals surface area contributed by atoms with Crippen LogP contribution in [0.3, 0.4) is 0 Å². The summed E-state index contributed by atoms with van der Waals surface area (Å²) in [5.74, 6) is 2.63. The molecule has 1 fully saturated rings. The van der Waals surface area contributed by atoms with Crippen LogP contribution in [0.4, 0.5) is 0 Å². The highest BCUT2D eigenvalue weighted by Gasteiger charge is 2.25. The molecule has 1 aliphatic rings. The van der Waals surface area contributed by atoms with Crippen LogP contribution in [0.2, 0.25) is 0 Å². The van der Waals surface area contributed by atoms with Crippen LogP contribution in [0.25, 0.3) is 0 Å². The van der Waals surface area contributed by atoms with Gasteiger partial charge in [-0.25, -0.2) is 0 Å². The molecule has 0 heterocycles. The Bertz CT molecular complexity index is 447. The van der Waals surface area contributed by atoms with Gasteiger partial charge in [0.05, 0.1) is 6.10 Å². The van der Waals surface area contributed by atoms with Gasteiger partial charge in [-0.2, -0.15) is 0 Å². The molecule has 3 atom stereocenters. The van der Waals surface area contributed by atoms with E-state index in [4.69, 9.17) is 4.74 Å². The summed E-state index contributed by atoms with van der Waals surface area (Å²) in [6, 6.07) is 7.02. The number of rotatable bonds is 5. The van der Waals surface area contributed by atoms with E-state index < -0.39 is 0 Å². The van der Waals surface area contributed by atoms with Crippen molar-refractivity contribution in [3.8, 4) is 5.75 Å². The lowest BCUT2D eigenvalue weighted by Gasteiger charge is -2.32. The van der Waals surface area contributed by atoms with Gasteiger partial charge in [0, 0.05) is 6.04 Å². The molecule has 0 aromatic heterocycles. The Morgan fingerprint density at radius 2 is 1.86 bits per heavy atom. The van der Waals surface area contributed by atoms with Gasteiger partial charge in [0.1, 0.15) is 5.75 Å². The molecule has 1 saturated carbocycles. The van der Waals surface area contributed by atoms with Gasteiger partial charge in [-0.05, 0) is 68.7 Å². The van der Waals surface area contributed by atoms with E-state index in [9.17, 15) is 0 Å². The van der Waals surface area contributed by atoms with Crippen LogP contribution in [0.15, 0.2) is 18.2 Å². The van der Waals surface area contributed by atoms with E-state index in [1.165, 1.54) is 30.4 Å². The maximum absolute atomic E-state index is 6.30. The van der Waals surface area contributed by atoms with Gasteiger partial charge < -0.3 is 10.1 Å². The highest BCUT2D eigenvalue weighted by atomic mass is 16.5. The van der Waals surface area contributed by atoms with Crippen LogP contribution in [0.5, 0.6) is 5.75 Å². The van der Waals surface area contributed by atoms with Crippen LogP contribution in [-0.2, 0) is 0 Å². The van der Waals surface area contributed by atoms with Crippen molar-refractivity contribution in [2.24, 2.45) is 11.8 Å². The molecule has 0 spiro atoms. The fourth-order valence-corrected chi connectivity index (χ4v) is 3.65. The zero-order chi connectivity index (χ0) is 15.4. The summed E-state index contributed by atoms with van der Waals surface area (Å²) in [6.07, 6.45) is 4.12. The monoisotopic (exact) mass is 289 g/mol. The summed E-state index contributed by atoms with van der Waals surface area (Å²) in [6.45, 7) is 12.2. The minimum absolute atomic E-state index is 0.388. The second-order valence-corrected chi connectivity index (χ2v) is 6.96. The van der Waals surface area contributed by atoms with Gasteiger partial charge in [0.25, 0.3) is 0 Å². The summed E-state index contributed by atoms with van der Waals surface area (Å²) in [4.78, 5) is 0. The van der Waals surface area contributed by atoms with Crippen LogP contribution < -0.4 is 10.1 Å². The third-order valence-corrected chi connectivity index (χ3v) is 4.64. The molecule has 0 radical (unpaired) electrons. The first-order valence-electron chi connectivity index (χ1n) is 8.50. The topological polar surface area (TPSA) is 21.3 Å². The maximum atomic E-state index is 6.30. The average Bonchev–Trinajstić information content (AvgIpc) is 2.40. The van der Waals surface area contributed by atoms with Crippen molar-refractivity contribution in [1.29, 1.82) is 0 Å². The molecule has 2 rings (SSSR count). The number of benzene rings is 1. The van der Waals surface area contributed by atoms with Gasteiger partial charge in [-0.1, -0.05) is 32.9 Å². The molecule has 0 aliphatic heterocycles. The molecule has 21 heavy (non-hydrogen) atoms. The Morgan fingerprint density at radius 1 is 1.19 bits per heavy atom. The van der Waals surface area contributed by atoms with Crippen molar-refractivity contribution >= 4 is 0 Å². The van der Waals surface area contributed by atoms with Crippen molar-refractivity contribution in [2.45, 2.75) is 66.0 Å². The summed E-state index contributed by atoms with van der Waals surface area (Å²) in [5, 5.41) is 3.46. The Labute approximate surface area is 130 Å². The molecule has 0 amide bonds. The number of nitrogens with one attached hydrogen (secondary N) is 1. The minimum atomic E-state index is 0.388. The van der Waals surface area contributed by atoms with E-state index >= 15 is 0 Å². The Kier molecular flexibility index (Phi) is 5.69. The molecule has 118 valence electrons. The molecule has 3 unspecified atom stereocenters. The zero-order valence-corrected chi connectivity index (χ0v) is 14.3. The summed E-state index contributed by atoms with van der Waals surface area (Å²) in [5.41, 5.74) is 2.59. The summed E-state index contributed by atoms with van der Waals surface area (Å²) < 4.78 is 6.30. The first-order valence-corrected chi connectivity index (χ1v) is 8.50. The van der Waals surface area contributed by atoms with Crippen molar-refractivity contribution in [1.82, 2.24) is 5.32 Å². The van der Waals surface area contributed by atoms with Gasteiger partial charge in [-0.3, -0.25) is 0 Å². The Morgan fingerprint density at radius 3 is 2.43 bits per heavy atom. The first-order chi connectivity index (χ1) is 9.99. The predicted octanol–water partition coefficient (Wildman–Crippen LogP) is 4.87. The molecule has 1 N–H and O–H groups in total. The second kappa shape index (κ2) is 7.31. The lowest BCUT2D eigenvalue weighted by atomic mass is 9.82. The third kappa shape index (κ3) is 4.47. The van der Waals surface area contributed by atoms with Crippen LogP contribution >= 0.6 is 0 Å². The fraction of sp³-hybridized carbons (Fsp3) is 0.684. The number of hydrogen-bond donors (Lipinski definition) is 1. The molecule has 1 aromatic rings. The Hall–Kier alpha value is -1.02. The van der Waals surface area contributed by atoms with Crippen molar-refractivity contribution in [2.75, 3.05) is 6.54 Å². The molecule has 0 saturated heterocycles. The van der Waals surface area contributed by atoms with Gasteiger partial charge in [-0.15, -0.1) is 0 Å². The molecule has 1 aliphatic carbocycles. The van der Waals surface area contributed by atoms with Crippen LogP contribution in [-0.4, -0.2) is 12.6 Å². The summed E-state index contributed by atoms with van der Waals surface area (Å²) >= 11 is 0. The highest BCUT2D eigenvalue weighted by molar-refractivity contribution is 5.37. The van der Waals surface area contributed by atoms with Gasteiger partial charge in [0.15, 0.2) is 0 Å². The third-order valence-electron chi connectivity index (χ3n) is 4.64. The predicted molar refractivity (Wildman–Crippen MR) is 89.9 cm³/mol. The molecular formula is C19H31NO. The van der Waals surface area contributed by atoms with Gasteiger partial charge in [0.2, 0.25) is 0 Å². The van der Waals surface area contributed by atoms with E-state index in [-0.39, 0.29) is 0 Å². The van der Waals surface area contributed by atoms with Crippen molar-refractivity contribution in [3.63, 3.8) is 0 Å². The van der Waals surface area contributed by atoms with E-state index in [0.717, 1.165) is 24.1 Å². The molecule has 2 heteroatoms. The quantitative estimate of drug-likeness (QED) is 0.835. The standard InChI is InChI=1S/C19H31NO/c1-6-20-16(5)17-7-8-19(15(4)12-17)21-18-10-13(2)9-14(3)11-18/h7-8,12-14,16,18,20H,6,9-11H2,1-5H3. The summed E-state index contributed by atoms with van der Waals surface area (Å²) in [7, 11) is 0. The molecule has 1 aromatic carbocycles. The van der Waals surface area contributed by atoms with Crippen molar-refractivity contribution < 1.29 is 4.74 Å². The lowest BCUT2D eigenvalue weighted by Crippen LogP contribution is -2.28.